The number of amides is 1. The highest BCUT2D eigenvalue weighted by molar-refractivity contribution is 6.30. The molecule has 1 aliphatic heterocycles. The first kappa shape index (κ1) is 17.8. The van der Waals surface area contributed by atoms with Crippen molar-refractivity contribution in [3.63, 3.8) is 0 Å². The maximum Gasteiger partial charge on any atom is 0.223 e. The molecule has 1 fully saturated rings. The number of piperidine rings is 1. The van der Waals surface area contributed by atoms with E-state index in [1.165, 1.54) is 0 Å². The zero-order chi connectivity index (χ0) is 18.6. The number of halogens is 1. The van der Waals surface area contributed by atoms with Crippen LogP contribution < -0.4 is 10.2 Å². The number of nitrogens with zero attached hydrogens (tertiary/aromatic N) is 4. The minimum absolute atomic E-state index is 0.0645. The lowest BCUT2D eigenvalue weighted by Gasteiger charge is -2.32. The number of fused-ring (bicyclic) bond motifs is 1. The lowest BCUT2D eigenvalue weighted by Crippen LogP contribution is -2.41. The molecule has 0 aromatic carbocycles. The van der Waals surface area contributed by atoms with E-state index in [9.17, 15) is 4.79 Å². The molecule has 27 heavy (non-hydrogen) atoms. The van der Waals surface area contributed by atoms with Gasteiger partial charge in [0.15, 0.2) is 0 Å². The maximum atomic E-state index is 12.5. The van der Waals surface area contributed by atoms with Crippen LogP contribution >= 0.6 is 11.6 Å². The van der Waals surface area contributed by atoms with Crippen molar-refractivity contribution in [3.8, 4) is 0 Å². The van der Waals surface area contributed by atoms with Crippen molar-refractivity contribution in [3.05, 3.63) is 59.6 Å². The van der Waals surface area contributed by atoms with Gasteiger partial charge in [0.05, 0.1) is 10.7 Å². The molecule has 4 rings (SSSR count). The Kier molecular flexibility index (Phi) is 5.25. The lowest BCUT2D eigenvalue weighted by molar-refractivity contribution is -0.125. The van der Waals surface area contributed by atoms with E-state index < -0.39 is 0 Å². The number of aromatic nitrogens is 3. The largest absolute Gasteiger partial charge is 0.357 e. The molecule has 1 saturated heterocycles. The van der Waals surface area contributed by atoms with Crippen LogP contribution in [0.15, 0.2) is 48.9 Å². The first-order valence-corrected chi connectivity index (χ1v) is 9.64. The summed E-state index contributed by atoms with van der Waals surface area (Å²) in [4.78, 5) is 23.6. The Morgan fingerprint density at radius 1 is 1.22 bits per heavy atom. The van der Waals surface area contributed by atoms with Crippen LogP contribution in [0.5, 0.6) is 0 Å². The molecule has 1 N–H and O–H groups in total. The average Bonchev–Trinajstić information content (AvgIpc) is 3.11. The van der Waals surface area contributed by atoms with Crippen molar-refractivity contribution in [2.45, 2.75) is 19.3 Å². The smallest absolute Gasteiger partial charge is 0.223 e. The lowest BCUT2D eigenvalue weighted by atomic mass is 9.96. The molecule has 0 atom stereocenters. The second kappa shape index (κ2) is 7.96. The van der Waals surface area contributed by atoms with E-state index in [2.05, 4.69) is 20.2 Å². The fraction of sp³-hybridized carbons (Fsp3) is 0.350. The highest BCUT2D eigenvalue weighted by Gasteiger charge is 2.25. The highest BCUT2D eigenvalue weighted by atomic mass is 35.5. The predicted octanol–water partition coefficient (Wildman–Crippen LogP) is 2.96. The zero-order valence-electron chi connectivity index (χ0n) is 15.0. The molecular formula is C20H22ClN5O. The molecule has 4 heterocycles. The molecule has 1 amide bonds. The van der Waals surface area contributed by atoms with Crippen LogP contribution in [0.2, 0.25) is 5.02 Å². The maximum absolute atomic E-state index is 12.5. The number of nitrogens with one attached hydrogen (secondary N) is 1. The van der Waals surface area contributed by atoms with Gasteiger partial charge in [-0.15, -0.1) is 0 Å². The van der Waals surface area contributed by atoms with Crippen LogP contribution in [0, 0.1) is 5.92 Å². The van der Waals surface area contributed by atoms with E-state index in [1.54, 1.807) is 6.20 Å². The van der Waals surface area contributed by atoms with Gasteiger partial charge in [0.2, 0.25) is 5.91 Å². The number of imidazole rings is 1. The van der Waals surface area contributed by atoms with Crippen LogP contribution in [-0.2, 0) is 11.2 Å². The summed E-state index contributed by atoms with van der Waals surface area (Å²) in [6.07, 6.45) is 8.07. The van der Waals surface area contributed by atoms with Crippen molar-refractivity contribution >= 4 is 29.0 Å². The molecule has 0 radical (unpaired) electrons. The third kappa shape index (κ3) is 4.22. The second-order valence-electron chi connectivity index (χ2n) is 6.84. The van der Waals surface area contributed by atoms with Crippen LogP contribution in [0.4, 0.5) is 5.82 Å². The standard InChI is InChI=1S/C20H22ClN5O/c21-16-4-5-18(23-13-16)25-11-7-15(8-12-25)20(27)22-9-6-17-14-26-10-2-1-3-19(26)24-17/h1-5,10,13-15H,6-9,11-12H2,(H,22,27). The van der Waals surface area contributed by atoms with Gasteiger partial charge in [-0.3, -0.25) is 4.79 Å². The van der Waals surface area contributed by atoms with E-state index >= 15 is 0 Å². The molecule has 0 bridgehead atoms. The Hall–Kier alpha value is -2.60. The summed E-state index contributed by atoms with van der Waals surface area (Å²) in [7, 11) is 0. The first-order valence-electron chi connectivity index (χ1n) is 9.26. The summed E-state index contributed by atoms with van der Waals surface area (Å²) in [5.41, 5.74) is 1.92. The topological polar surface area (TPSA) is 62.5 Å². The van der Waals surface area contributed by atoms with Gasteiger partial charge in [-0.05, 0) is 37.1 Å². The van der Waals surface area contributed by atoms with Gasteiger partial charge < -0.3 is 14.6 Å². The molecule has 1 aliphatic rings. The van der Waals surface area contributed by atoms with Gasteiger partial charge in [0.1, 0.15) is 11.5 Å². The number of hydrogen-bond donors (Lipinski definition) is 1. The number of rotatable bonds is 5. The highest BCUT2D eigenvalue weighted by Crippen LogP contribution is 2.22. The summed E-state index contributed by atoms with van der Waals surface area (Å²) in [5, 5.41) is 3.71. The summed E-state index contributed by atoms with van der Waals surface area (Å²) in [6, 6.07) is 9.71. The summed E-state index contributed by atoms with van der Waals surface area (Å²) >= 11 is 5.89. The van der Waals surface area contributed by atoms with E-state index in [0.29, 0.717) is 11.6 Å². The molecule has 0 saturated carbocycles. The Labute approximate surface area is 163 Å². The normalized spacial score (nSPS) is 15.2. The minimum Gasteiger partial charge on any atom is -0.357 e. The Morgan fingerprint density at radius 2 is 2.07 bits per heavy atom. The molecule has 3 aromatic heterocycles. The molecule has 0 aliphatic carbocycles. The quantitative estimate of drug-likeness (QED) is 0.735. The van der Waals surface area contributed by atoms with Gasteiger partial charge in [-0.1, -0.05) is 17.7 Å². The van der Waals surface area contributed by atoms with Gasteiger partial charge in [0.25, 0.3) is 0 Å². The van der Waals surface area contributed by atoms with Crippen molar-refractivity contribution in [1.82, 2.24) is 19.7 Å². The Balaban J connectivity index is 1.24. The summed E-state index contributed by atoms with van der Waals surface area (Å²) in [6.45, 7) is 2.28. The Morgan fingerprint density at radius 3 is 2.81 bits per heavy atom. The molecule has 0 spiro atoms. The molecular weight excluding hydrogens is 362 g/mol. The van der Waals surface area contributed by atoms with Gasteiger partial charge in [0, 0.05) is 50.6 Å². The van der Waals surface area contributed by atoms with Gasteiger partial charge >= 0.3 is 0 Å². The fourth-order valence-electron chi connectivity index (χ4n) is 3.49. The third-order valence-electron chi connectivity index (χ3n) is 5.00. The average molecular weight is 384 g/mol. The van der Waals surface area contributed by atoms with E-state index in [-0.39, 0.29) is 11.8 Å². The number of anilines is 1. The molecule has 7 heteroatoms. The van der Waals surface area contributed by atoms with Crippen molar-refractivity contribution in [1.29, 1.82) is 0 Å². The van der Waals surface area contributed by atoms with Gasteiger partial charge in [-0.2, -0.15) is 0 Å². The Bertz CT molecular complexity index is 883. The SMILES string of the molecule is O=C(NCCc1cn2ccccc2n1)C1CCN(c2ccc(Cl)cn2)CC1. The van der Waals surface area contributed by atoms with E-state index in [4.69, 9.17) is 11.6 Å². The van der Waals surface area contributed by atoms with Crippen molar-refractivity contribution < 1.29 is 4.79 Å². The minimum atomic E-state index is 0.0645. The van der Waals surface area contributed by atoms with E-state index in [0.717, 1.165) is 49.5 Å². The third-order valence-corrected chi connectivity index (χ3v) is 5.22. The van der Waals surface area contributed by atoms with E-state index in [1.807, 2.05) is 47.1 Å². The van der Waals surface area contributed by atoms with Crippen molar-refractivity contribution in [2.24, 2.45) is 5.92 Å². The fourth-order valence-corrected chi connectivity index (χ4v) is 3.60. The number of carbonyl (C=O) groups excluding carboxylic acids is 1. The number of carbonyl (C=O) groups is 1. The second-order valence-corrected chi connectivity index (χ2v) is 7.27. The van der Waals surface area contributed by atoms with Crippen LogP contribution in [-0.4, -0.2) is 39.9 Å². The molecule has 6 nitrogen and oxygen atoms in total. The van der Waals surface area contributed by atoms with Crippen LogP contribution in [0.1, 0.15) is 18.5 Å². The summed E-state index contributed by atoms with van der Waals surface area (Å²) < 4.78 is 2.00. The van der Waals surface area contributed by atoms with Crippen LogP contribution in [0.3, 0.4) is 0 Å². The first-order chi connectivity index (χ1) is 13.2. The summed E-state index contributed by atoms with van der Waals surface area (Å²) in [5.74, 6) is 1.13. The number of hydrogen-bond acceptors (Lipinski definition) is 4. The predicted molar refractivity (Wildman–Crippen MR) is 106 cm³/mol. The number of pyridine rings is 2. The monoisotopic (exact) mass is 383 g/mol. The van der Waals surface area contributed by atoms with Gasteiger partial charge in [-0.25, -0.2) is 9.97 Å². The zero-order valence-corrected chi connectivity index (χ0v) is 15.8. The van der Waals surface area contributed by atoms with Crippen LogP contribution in [0.25, 0.3) is 5.65 Å². The molecule has 140 valence electrons. The molecule has 3 aromatic rings. The van der Waals surface area contributed by atoms with Crippen molar-refractivity contribution in [2.75, 3.05) is 24.5 Å². The molecule has 0 unspecified atom stereocenters.